The Bertz CT molecular complexity index is 791. The lowest BCUT2D eigenvalue weighted by Crippen LogP contribution is -1.94. The largest absolute Gasteiger partial charge is 0.282 e. The van der Waals surface area contributed by atoms with Crippen molar-refractivity contribution < 1.29 is 18.4 Å². The van der Waals surface area contributed by atoms with Crippen molar-refractivity contribution in [1.29, 1.82) is 0 Å². The molecule has 0 aliphatic rings. The van der Waals surface area contributed by atoms with Gasteiger partial charge in [0.15, 0.2) is 0 Å². The van der Waals surface area contributed by atoms with Crippen LogP contribution < -0.4 is 0 Å². The SMILES string of the molecule is C=CC(=O)Sc1ccc(-c2cc(F)c(SC(=O)C=C)c(F)c2)cc1. The predicted octanol–water partition coefficient (Wildman–Crippen LogP) is 5.24. The lowest BCUT2D eigenvalue weighted by molar-refractivity contribution is -0.107. The van der Waals surface area contributed by atoms with Gasteiger partial charge < -0.3 is 0 Å². The third-order valence-corrected chi connectivity index (χ3v) is 4.78. The zero-order chi connectivity index (χ0) is 17.7. The van der Waals surface area contributed by atoms with Gasteiger partial charge in [0.25, 0.3) is 0 Å². The lowest BCUT2D eigenvalue weighted by Gasteiger charge is -2.07. The Morgan fingerprint density at radius 3 is 1.83 bits per heavy atom. The number of hydrogen-bond acceptors (Lipinski definition) is 4. The fourth-order valence-electron chi connectivity index (χ4n) is 1.84. The van der Waals surface area contributed by atoms with E-state index in [-0.39, 0.29) is 10.0 Å². The highest BCUT2D eigenvalue weighted by Gasteiger charge is 2.15. The van der Waals surface area contributed by atoms with E-state index in [0.29, 0.717) is 27.8 Å². The van der Waals surface area contributed by atoms with Crippen molar-refractivity contribution in [3.05, 3.63) is 73.3 Å². The Kier molecular flexibility index (Phi) is 6.11. The maximum Gasteiger partial charge on any atom is 0.216 e. The van der Waals surface area contributed by atoms with Crippen LogP contribution in [0.2, 0.25) is 0 Å². The summed E-state index contributed by atoms with van der Waals surface area (Å²) < 4.78 is 28.2. The maximum atomic E-state index is 14.1. The summed E-state index contributed by atoms with van der Waals surface area (Å²) in [5.74, 6) is -1.63. The molecule has 0 unspecified atom stereocenters. The summed E-state index contributed by atoms with van der Waals surface area (Å²) in [6.07, 6.45) is 2.21. The molecule has 6 heteroatoms. The van der Waals surface area contributed by atoms with Gasteiger partial charge in [-0.1, -0.05) is 25.3 Å². The van der Waals surface area contributed by atoms with E-state index in [9.17, 15) is 18.4 Å². The minimum absolute atomic E-state index is 0.187. The van der Waals surface area contributed by atoms with Gasteiger partial charge in [0.1, 0.15) is 11.6 Å². The molecule has 122 valence electrons. The van der Waals surface area contributed by atoms with E-state index in [1.54, 1.807) is 24.3 Å². The molecule has 0 amide bonds. The van der Waals surface area contributed by atoms with Gasteiger partial charge in [-0.2, -0.15) is 0 Å². The Balaban J connectivity index is 2.29. The van der Waals surface area contributed by atoms with Gasteiger partial charge in [0.2, 0.25) is 10.2 Å². The molecule has 0 fully saturated rings. The second-order valence-electron chi connectivity index (χ2n) is 4.54. The zero-order valence-electron chi connectivity index (χ0n) is 12.4. The Labute approximate surface area is 146 Å². The standard InChI is InChI=1S/C18H12F2O2S2/c1-3-16(21)23-13-7-5-11(6-8-13)12-9-14(19)18(15(20)10-12)24-17(22)4-2/h3-10H,1-2H2. The summed E-state index contributed by atoms with van der Waals surface area (Å²) in [6.45, 7) is 6.66. The molecule has 24 heavy (non-hydrogen) atoms. The number of rotatable bonds is 5. The van der Waals surface area contributed by atoms with E-state index in [1.807, 2.05) is 0 Å². The summed E-state index contributed by atoms with van der Waals surface area (Å²) in [7, 11) is 0. The average molecular weight is 362 g/mol. The van der Waals surface area contributed by atoms with Gasteiger partial charge >= 0.3 is 0 Å². The third-order valence-electron chi connectivity index (χ3n) is 2.94. The minimum Gasteiger partial charge on any atom is -0.282 e. The zero-order valence-corrected chi connectivity index (χ0v) is 14.1. The lowest BCUT2D eigenvalue weighted by atomic mass is 10.1. The Morgan fingerprint density at radius 1 is 0.833 bits per heavy atom. The number of carbonyl (C=O) groups is 2. The molecule has 2 aromatic rings. The van der Waals surface area contributed by atoms with Crippen LogP contribution in [0.3, 0.4) is 0 Å². The van der Waals surface area contributed by atoms with Gasteiger partial charge in [-0.25, -0.2) is 8.78 Å². The fraction of sp³-hybridized carbons (Fsp3) is 0. The molecule has 0 saturated heterocycles. The molecule has 0 heterocycles. The first kappa shape index (κ1) is 18.2. The first-order valence-corrected chi connectivity index (χ1v) is 8.36. The van der Waals surface area contributed by atoms with Crippen LogP contribution in [0.5, 0.6) is 0 Å². The molecule has 0 bridgehead atoms. The van der Waals surface area contributed by atoms with Crippen molar-refractivity contribution in [3.63, 3.8) is 0 Å². The van der Waals surface area contributed by atoms with Crippen LogP contribution in [-0.2, 0) is 9.59 Å². The summed E-state index contributed by atoms with van der Waals surface area (Å²) in [5, 5.41) is -0.720. The molecule has 0 aliphatic heterocycles. The highest BCUT2D eigenvalue weighted by atomic mass is 32.2. The first-order valence-electron chi connectivity index (χ1n) is 6.72. The van der Waals surface area contributed by atoms with Crippen molar-refractivity contribution in [1.82, 2.24) is 0 Å². The summed E-state index contributed by atoms with van der Waals surface area (Å²) in [4.78, 5) is 22.9. The molecule has 0 aliphatic carbocycles. The molecule has 2 nitrogen and oxygen atoms in total. The smallest absolute Gasteiger partial charge is 0.216 e. The Hall–Kier alpha value is -2.18. The van der Waals surface area contributed by atoms with Crippen LogP contribution in [0.1, 0.15) is 0 Å². The van der Waals surface area contributed by atoms with Gasteiger partial charge in [0.05, 0.1) is 4.90 Å². The summed E-state index contributed by atoms with van der Waals surface area (Å²) in [6, 6.07) is 9.02. The number of halogens is 2. The van der Waals surface area contributed by atoms with Gasteiger partial charge in [-0.15, -0.1) is 0 Å². The summed E-state index contributed by atoms with van der Waals surface area (Å²) >= 11 is 1.47. The van der Waals surface area contributed by atoms with E-state index < -0.39 is 16.7 Å². The van der Waals surface area contributed by atoms with Crippen molar-refractivity contribution in [3.8, 4) is 11.1 Å². The predicted molar refractivity (Wildman–Crippen MR) is 93.9 cm³/mol. The van der Waals surface area contributed by atoms with Crippen LogP contribution >= 0.6 is 23.5 Å². The van der Waals surface area contributed by atoms with E-state index in [2.05, 4.69) is 13.2 Å². The third kappa shape index (κ3) is 4.43. The van der Waals surface area contributed by atoms with Crippen molar-refractivity contribution in [2.75, 3.05) is 0 Å². The van der Waals surface area contributed by atoms with E-state index in [4.69, 9.17) is 0 Å². The molecule has 0 aromatic heterocycles. The second kappa shape index (κ2) is 8.08. The quantitative estimate of drug-likeness (QED) is 0.538. The van der Waals surface area contributed by atoms with Crippen LogP contribution in [0.15, 0.2) is 71.5 Å². The first-order chi connectivity index (χ1) is 11.4. The van der Waals surface area contributed by atoms with Crippen LogP contribution in [0.25, 0.3) is 11.1 Å². The van der Waals surface area contributed by atoms with Crippen molar-refractivity contribution >= 4 is 33.8 Å². The second-order valence-corrected chi connectivity index (χ2v) is 6.64. The molecule has 0 saturated carbocycles. The molecule has 0 spiro atoms. The van der Waals surface area contributed by atoms with E-state index in [1.165, 1.54) is 18.2 Å². The van der Waals surface area contributed by atoms with Crippen LogP contribution in [-0.4, -0.2) is 10.2 Å². The normalized spacial score (nSPS) is 10.2. The molecule has 2 aromatic carbocycles. The number of thioether (sulfide) groups is 2. The van der Waals surface area contributed by atoms with Crippen molar-refractivity contribution in [2.45, 2.75) is 9.79 Å². The topological polar surface area (TPSA) is 34.1 Å². The number of carbonyl (C=O) groups excluding carboxylic acids is 2. The molecule has 2 rings (SSSR count). The molecular formula is C18H12F2O2S2. The van der Waals surface area contributed by atoms with Crippen molar-refractivity contribution in [2.24, 2.45) is 0 Å². The Morgan fingerprint density at radius 2 is 1.33 bits per heavy atom. The van der Waals surface area contributed by atoms with Gasteiger partial charge in [-0.3, -0.25) is 9.59 Å². The molecule has 0 radical (unpaired) electrons. The number of hydrogen-bond donors (Lipinski definition) is 0. The van der Waals surface area contributed by atoms with E-state index >= 15 is 0 Å². The fourth-order valence-corrected chi connectivity index (χ4v) is 3.02. The van der Waals surface area contributed by atoms with E-state index in [0.717, 1.165) is 17.8 Å². The molecule has 0 N–H and O–H groups in total. The molecule has 0 atom stereocenters. The van der Waals surface area contributed by atoms with Gasteiger partial charge in [0, 0.05) is 4.90 Å². The molecular weight excluding hydrogens is 350 g/mol. The summed E-state index contributed by atoms with van der Waals surface area (Å²) in [5.41, 5.74) is 0.932. The van der Waals surface area contributed by atoms with Crippen LogP contribution in [0.4, 0.5) is 8.78 Å². The average Bonchev–Trinajstić information content (AvgIpc) is 2.58. The highest BCUT2D eigenvalue weighted by Crippen LogP contribution is 2.32. The van der Waals surface area contributed by atoms with Gasteiger partial charge in [-0.05, 0) is 71.1 Å². The maximum absolute atomic E-state index is 14.1. The number of benzene rings is 2. The van der Waals surface area contributed by atoms with Crippen LogP contribution in [0, 0.1) is 11.6 Å². The minimum atomic E-state index is -0.814. The highest BCUT2D eigenvalue weighted by molar-refractivity contribution is 8.14. The monoisotopic (exact) mass is 362 g/mol.